The topological polar surface area (TPSA) is 98.7 Å². The highest BCUT2D eigenvalue weighted by atomic mass is 16.5. The summed E-state index contributed by atoms with van der Waals surface area (Å²) in [5, 5.41) is 13.1. The molecule has 3 aromatic heterocycles. The van der Waals surface area contributed by atoms with E-state index in [0.29, 0.717) is 19.1 Å². The predicted octanol–water partition coefficient (Wildman–Crippen LogP) is 2.73. The van der Waals surface area contributed by atoms with Gasteiger partial charge in [-0.2, -0.15) is 5.10 Å². The summed E-state index contributed by atoms with van der Waals surface area (Å²) < 4.78 is 8.46. The largest absolute Gasteiger partial charge is 0.478 e. The van der Waals surface area contributed by atoms with E-state index in [1.54, 1.807) is 17.7 Å². The monoisotopic (exact) mass is 380 g/mol. The zero-order valence-corrected chi connectivity index (χ0v) is 15.4. The molecule has 8 heteroatoms. The van der Waals surface area contributed by atoms with E-state index < -0.39 is 5.97 Å². The number of hydrogen-bond donors (Lipinski definition) is 1. The summed E-state index contributed by atoms with van der Waals surface area (Å²) in [4.78, 5) is 27.4. The zero-order chi connectivity index (χ0) is 19.7. The van der Waals surface area contributed by atoms with E-state index in [-0.39, 0.29) is 11.5 Å². The third kappa shape index (κ3) is 3.80. The van der Waals surface area contributed by atoms with Crippen LogP contribution in [0.25, 0.3) is 11.7 Å². The summed E-state index contributed by atoms with van der Waals surface area (Å²) >= 11 is 0. The minimum Gasteiger partial charge on any atom is -0.478 e. The van der Waals surface area contributed by atoms with Crippen LogP contribution < -0.4 is 0 Å². The number of pyridine rings is 1. The normalized spacial score (nSPS) is 14.0. The first-order chi connectivity index (χ1) is 13.5. The Morgan fingerprint density at radius 1 is 1.32 bits per heavy atom. The Bertz CT molecular complexity index is 1080. The number of carbonyl (C=O) groups excluding carboxylic acids is 1. The molecule has 3 heterocycles. The number of aromatic carboxylic acids is 1. The van der Waals surface area contributed by atoms with Crippen molar-refractivity contribution in [3.8, 4) is 0 Å². The Kier molecular flexibility index (Phi) is 4.68. The standard InChI is InChI=1S/C20H20N4O4/c1-2-28-18(25)6-5-14-7-15(13-3-4-13)9-23-11-17(22-19(14)23)12-24-10-16(8-21-24)20(26)27/h5-11,13H,2-4,12H2,1H3,(H,26,27). The van der Waals surface area contributed by atoms with Crippen LogP contribution in [0.2, 0.25) is 0 Å². The van der Waals surface area contributed by atoms with Crippen LogP contribution in [0.4, 0.5) is 0 Å². The first-order valence-corrected chi connectivity index (χ1v) is 9.15. The second-order valence-electron chi connectivity index (χ2n) is 6.78. The molecule has 0 aromatic carbocycles. The Morgan fingerprint density at radius 2 is 2.14 bits per heavy atom. The van der Waals surface area contributed by atoms with Crippen LogP contribution in [0.3, 0.4) is 0 Å². The van der Waals surface area contributed by atoms with Gasteiger partial charge in [-0.05, 0) is 43.4 Å². The lowest BCUT2D eigenvalue weighted by Crippen LogP contribution is -2.00. The summed E-state index contributed by atoms with van der Waals surface area (Å²) in [6, 6.07) is 2.07. The van der Waals surface area contributed by atoms with Crippen LogP contribution in [0.1, 0.15) is 52.9 Å². The number of esters is 1. The fourth-order valence-electron chi connectivity index (χ4n) is 3.11. The van der Waals surface area contributed by atoms with E-state index in [9.17, 15) is 9.59 Å². The number of fused-ring (bicyclic) bond motifs is 1. The second kappa shape index (κ2) is 7.30. The van der Waals surface area contributed by atoms with Crippen molar-refractivity contribution in [2.24, 2.45) is 0 Å². The van der Waals surface area contributed by atoms with Gasteiger partial charge in [0, 0.05) is 30.2 Å². The van der Waals surface area contributed by atoms with E-state index in [1.165, 1.54) is 36.9 Å². The van der Waals surface area contributed by atoms with Gasteiger partial charge in [-0.1, -0.05) is 0 Å². The first-order valence-electron chi connectivity index (χ1n) is 9.15. The van der Waals surface area contributed by atoms with Gasteiger partial charge in [-0.15, -0.1) is 0 Å². The van der Waals surface area contributed by atoms with Crippen LogP contribution in [-0.4, -0.2) is 42.8 Å². The van der Waals surface area contributed by atoms with Crippen molar-refractivity contribution in [3.05, 3.63) is 59.3 Å². The van der Waals surface area contributed by atoms with Crippen LogP contribution in [0, 0.1) is 0 Å². The number of nitrogens with zero attached hydrogens (tertiary/aromatic N) is 4. The van der Waals surface area contributed by atoms with Crippen LogP contribution in [0.15, 0.2) is 36.9 Å². The molecule has 0 unspecified atom stereocenters. The molecular formula is C20H20N4O4. The molecule has 0 amide bonds. The Balaban J connectivity index is 1.67. The SMILES string of the molecule is CCOC(=O)C=Cc1cc(C2CC2)cn2cc(Cn3cc(C(=O)O)cn3)nc12. The number of imidazole rings is 1. The number of carbonyl (C=O) groups is 2. The van der Waals surface area contributed by atoms with Crippen LogP contribution >= 0.6 is 0 Å². The molecule has 1 N–H and O–H groups in total. The third-order valence-electron chi connectivity index (χ3n) is 4.59. The molecule has 0 aliphatic heterocycles. The van der Waals surface area contributed by atoms with Crippen molar-refractivity contribution in [2.75, 3.05) is 6.61 Å². The summed E-state index contributed by atoms with van der Waals surface area (Å²) in [6.07, 6.45) is 12.2. The maximum Gasteiger partial charge on any atom is 0.338 e. The van der Waals surface area contributed by atoms with E-state index in [2.05, 4.69) is 22.3 Å². The second-order valence-corrected chi connectivity index (χ2v) is 6.78. The summed E-state index contributed by atoms with van der Waals surface area (Å²) in [7, 11) is 0. The molecule has 28 heavy (non-hydrogen) atoms. The molecule has 0 radical (unpaired) electrons. The summed E-state index contributed by atoms with van der Waals surface area (Å²) in [5.74, 6) is -0.849. The maximum absolute atomic E-state index is 11.7. The average molecular weight is 380 g/mol. The van der Waals surface area contributed by atoms with Gasteiger partial charge in [-0.3, -0.25) is 4.68 Å². The highest BCUT2D eigenvalue weighted by molar-refractivity contribution is 5.88. The number of carboxylic acid groups (broad SMARTS) is 1. The molecule has 0 saturated heterocycles. The first kappa shape index (κ1) is 18.0. The van der Waals surface area contributed by atoms with Crippen LogP contribution in [-0.2, 0) is 16.1 Å². The quantitative estimate of drug-likeness (QED) is 0.500. The maximum atomic E-state index is 11.7. The predicted molar refractivity (Wildman–Crippen MR) is 101 cm³/mol. The number of ether oxygens (including phenoxy) is 1. The Labute approximate surface area is 161 Å². The Hall–Kier alpha value is -3.42. The number of rotatable bonds is 7. The van der Waals surface area contributed by atoms with Crippen LogP contribution in [0.5, 0.6) is 0 Å². The zero-order valence-electron chi connectivity index (χ0n) is 15.4. The lowest BCUT2D eigenvalue weighted by molar-refractivity contribution is -0.137. The van der Waals surface area contributed by atoms with Gasteiger partial charge in [0.25, 0.3) is 0 Å². The Morgan fingerprint density at radius 3 is 2.82 bits per heavy atom. The number of aromatic nitrogens is 4. The molecule has 3 aromatic rings. The molecule has 0 atom stereocenters. The molecule has 4 rings (SSSR count). The van der Waals surface area contributed by atoms with Crippen molar-refractivity contribution in [2.45, 2.75) is 32.2 Å². The fraction of sp³-hybridized carbons (Fsp3) is 0.300. The molecule has 1 fully saturated rings. The fourth-order valence-corrected chi connectivity index (χ4v) is 3.11. The highest BCUT2D eigenvalue weighted by Crippen LogP contribution is 2.40. The lowest BCUT2D eigenvalue weighted by Gasteiger charge is -2.04. The van der Waals surface area contributed by atoms with Crippen molar-refractivity contribution >= 4 is 23.7 Å². The van der Waals surface area contributed by atoms with Gasteiger partial charge in [0.05, 0.1) is 30.6 Å². The highest BCUT2D eigenvalue weighted by Gasteiger charge is 2.25. The minimum atomic E-state index is -1.01. The third-order valence-corrected chi connectivity index (χ3v) is 4.59. The molecule has 1 aliphatic rings. The average Bonchev–Trinajstić information content (AvgIpc) is 3.27. The van der Waals surface area contributed by atoms with Gasteiger partial charge in [0.2, 0.25) is 0 Å². The molecule has 1 aliphatic carbocycles. The molecular weight excluding hydrogens is 360 g/mol. The minimum absolute atomic E-state index is 0.137. The van der Waals surface area contributed by atoms with Gasteiger partial charge >= 0.3 is 11.9 Å². The number of hydrogen-bond acceptors (Lipinski definition) is 5. The smallest absolute Gasteiger partial charge is 0.338 e. The molecule has 0 bridgehead atoms. The summed E-state index contributed by atoms with van der Waals surface area (Å²) in [6.45, 7) is 2.45. The molecule has 1 saturated carbocycles. The van der Waals surface area contributed by atoms with E-state index >= 15 is 0 Å². The van der Waals surface area contributed by atoms with Crippen molar-refractivity contribution in [1.29, 1.82) is 0 Å². The van der Waals surface area contributed by atoms with Crippen molar-refractivity contribution in [1.82, 2.24) is 19.2 Å². The van der Waals surface area contributed by atoms with E-state index in [1.807, 2.05) is 10.6 Å². The molecule has 8 nitrogen and oxygen atoms in total. The molecule has 0 spiro atoms. The van der Waals surface area contributed by atoms with E-state index in [4.69, 9.17) is 9.84 Å². The van der Waals surface area contributed by atoms with Crippen molar-refractivity contribution in [3.63, 3.8) is 0 Å². The molecule has 144 valence electrons. The lowest BCUT2D eigenvalue weighted by atomic mass is 10.1. The van der Waals surface area contributed by atoms with Crippen molar-refractivity contribution < 1.29 is 19.4 Å². The van der Waals surface area contributed by atoms with Gasteiger partial charge in [0.1, 0.15) is 5.65 Å². The van der Waals surface area contributed by atoms with E-state index in [0.717, 1.165) is 16.9 Å². The van der Waals surface area contributed by atoms with Gasteiger partial charge in [-0.25, -0.2) is 14.6 Å². The van der Waals surface area contributed by atoms with Gasteiger partial charge < -0.3 is 14.2 Å². The van der Waals surface area contributed by atoms with Gasteiger partial charge in [0.15, 0.2) is 0 Å². The summed E-state index contributed by atoms with van der Waals surface area (Å²) in [5.41, 5.74) is 3.67. The number of carboxylic acids is 1.